The number of aromatic nitrogens is 1. The molecule has 0 N–H and O–H groups in total. The van der Waals surface area contributed by atoms with Crippen molar-refractivity contribution in [3.05, 3.63) is 53.9 Å². The number of rotatable bonds is 4. The Morgan fingerprint density at radius 2 is 1.86 bits per heavy atom. The molecule has 1 aromatic heterocycles. The average molecular weight is 318 g/mol. The monoisotopic (exact) mass is 318 g/mol. The summed E-state index contributed by atoms with van der Waals surface area (Å²) in [6, 6.07) is 11.2. The van der Waals surface area contributed by atoms with Crippen molar-refractivity contribution in [1.82, 2.24) is 8.87 Å². The zero-order valence-electron chi connectivity index (χ0n) is 13.1. The summed E-state index contributed by atoms with van der Waals surface area (Å²) in [7, 11) is -3.44. The second kappa shape index (κ2) is 5.89. The number of aryl methyl sites for hydroxylation is 1. The molecule has 0 saturated carbocycles. The van der Waals surface area contributed by atoms with E-state index in [1.165, 1.54) is 5.56 Å². The van der Waals surface area contributed by atoms with E-state index in [4.69, 9.17) is 0 Å². The molecule has 0 radical (unpaired) electrons. The van der Waals surface area contributed by atoms with Gasteiger partial charge in [0.15, 0.2) is 0 Å². The van der Waals surface area contributed by atoms with Gasteiger partial charge >= 0.3 is 0 Å². The van der Waals surface area contributed by atoms with Gasteiger partial charge in [-0.1, -0.05) is 25.5 Å². The largest absolute Gasteiger partial charge is 0.349 e. The van der Waals surface area contributed by atoms with E-state index in [-0.39, 0.29) is 6.04 Å². The summed E-state index contributed by atoms with van der Waals surface area (Å²) in [5.41, 5.74) is 2.24. The Labute approximate surface area is 132 Å². The van der Waals surface area contributed by atoms with Crippen LogP contribution < -0.4 is 0 Å². The molecule has 2 heterocycles. The molecular formula is C17H22N2O2S. The topological polar surface area (TPSA) is 42.3 Å². The second-order valence-corrected chi connectivity index (χ2v) is 7.70. The summed E-state index contributed by atoms with van der Waals surface area (Å²) in [5.74, 6) is 0. The first-order valence-electron chi connectivity index (χ1n) is 7.80. The molecule has 22 heavy (non-hydrogen) atoms. The molecule has 1 aliphatic rings. The lowest BCUT2D eigenvalue weighted by Gasteiger charge is -2.33. The smallest absolute Gasteiger partial charge is 0.243 e. The summed E-state index contributed by atoms with van der Waals surface area (Å²) >= 11 is 0. The Balaban J connectivity index is 1.90. The fourth-order valence-electron chi connectivity index (χ4n) is 3.14. The highest BCUT2D eigenvalue weighted by molar-refractivity contribution is 7.89. The van der Waals surface area contributed by atoms with Crippen LogP contribution in [0.5, 0.6) is 0 Å². The lowest BCUT2D eigenvalue weighted by atomic mass is 10.1. The number of nitrogens with zero attached hydrogens (tertiary/aromatic N) is 2. The quantitative estimate of drug-likeness (QED) is 0.869. The van der Waals surface area contributed by atoms with Crippen LogP contribution in [-0.2, 0) is 23.0 Å². The van der Waals surface area contributed by atoms with Gasteiger partial charge in [0.1, 0.15) is 0 Å². The highest BCUT2D eigenvalue weighted by atomic mass is 32.2. The molecule has 2 aromatic rings. The van der Waals surface area contributed by atoms with Crippen molar-refractivity contribution in [2.24, 2.45) is 0 Å². The van der Waals surface area contributed by atoms with Gasteiger partial charge in [-0.05, 0) is 43.2 Å². The summed E-state index contributed by atoms with van der Waals surface area (Å²) in [6.07, 6.45) is 4.05. The summed E-state index contributed by atoms with van der Waals surface area (Å²) in [5, 5.41) is 0. The Kier molecular flexibility index (Phi) is 4.10. The van der Waals surface area contributed by atoms with Crippen molar-refractivity contribution in [1.29, 1.82) is 0 Å². The Morgan fingerprint density at radius 3 is 2.55 bits per heavy atom. The molecule has 0 unspecified atom stereocenters. The molecule has 1 aromatic carbocycles. The average Bonchev–Trinajstić information content (AvgIpc) is 2.98. The zero-order chi connectivity index (χ0) is 15.7. The van der Waals surface area contributed by atoms with Gasteiger partial charge in [-0.2, -0.15) is 4.31 Å². The lowest BCUT2D eigenvalue weighted by molar-refractivity contribution is 0.282. The van der Waals surface area contributed by atoms with Crippen LogP contribution in [0.1, 0.15) is 37.6 Å². The fourth-order valence-corrected chi connectivity index (χ4v) is 4.74. The summed E-state index contributed by atoms with van der Waals surface area (Å²) in [4.78, 5) is 0.388. The number of fused-ring (bicyclic) bond motifs is 1. The van der Waals surface area contributed by atoms with E-state index in [0.717, 1.165) is 18.5 Å². The molecule has 0 bridgehead atoms. The number of hydrogen-bond acceptors (Lipinski definition) is 2. The molecule has 4 nitrogen and oxygen atoms in total. The SMILES string of the molecule is CCCc1ccc(S(=O)(=O)N2CCn3cccc3[C@H]2C)cc1. The van der Waals surface area contributed by atoms with E-state index in [1.807, 2.05) is 37.4 Å². The van der Waals surface area contributed by atoms with E-state index >= 15 is 0 Å². The van der Waals surface area contributed by atoms with Gasteiger partial charge < -0.3 is 4.57 Å². The molecular weight excluding hydrogens is 296 g/mol. The van der Waals surface area contributed by atoms with E-state index in [9.17, 15) is 8.42 Å². The molecule has 5 heteroatoms. The number of sulfonamides is 1. The minimum atomic E-state index is -3.44. The molecule has 1 atom stereocenters. The highest BCUT2D eigenvalue weighted by Gasteiger charge is 2.33. The predicted octanol–water partition coefficient (Wildman–Crippen LogP) is 3.21. The number of benzene rings is 1. The molecule has 0 spiro atoms. The van der Waals surface area contributed by atoms with Crippen LogP contribution in [0, 0.1) is 0 Å². The Bertz CT molecular complexity index is 747. The molecule has 1 aliphatic heterocycles. The van der Waals surface area contributed by atoms with Crippen LogP contribution in [-0.4, -0.2) is 23.8 Å². The first kappa shape index (κ1) is 15.3. The van der Waals surface area contributed by atoms with Gasteiger partial charge in [0.05, 0.1) is 10.9 Å². The standard InChI is InChI=1S/C17H22N2O2S/c1-3-5-15-7-9-16(10-8-15)22(20,21)19-13-12-18-11-4-6-17(18)14(19)2/h4,6-11,14H,3,5,12-13H2,1-2H3/t14-/m1/s1. The zero-order valence-corrected chi connectivity index (χ0v) is 13.9. The van der Waals surface area contributed by atoms with Crippen LogP contribution in [0.25, 0.3) is 0 Å². The van der Waals surface area contributed by atoms with Crippen molar-refractivity contribution in [3.8, 4) is 0 Å². The van der Waals surface area contributed by atoms with Crippen LogP contribution in [0.4, 0.5) is 0 Å². The fraction of sp³-hybridized carbons (Fsp3) is 0.412. The molecule has 0 amide bonds. The van der Waals surface area contributed by atoms with Gasteiger partial charge in [0, 0.05) is 25.0 Å². The maximum absolute atomic E-state index is 12.9. The van der Waals surface area contributed by atoms with E-state index < -0.39 is 10.0 Å². The first-order chi connectivity index (χ1) is 10.5. The summed E-state index contributed by atoms with van der Waals surface area (Å²) < 4.78 is 29.6. The molecule has 118 valence electrons. The maximum Gasteiger partial charge on any atom is 0.243 e. The van der Waals surface area contributed by atoms with Gasteiger partial charge in [-0.25, -0.2) is 8.42 Å². The highest BCUT2D eigenvalue weighted by Crippen LogP contribution is 2.31. The number of hydrogen-bond donors (Lipinski definition) is 0. The van der Waals surface area contributed by atoms with E-state index in [2.05, 4.69) is 11.5 Å². The Morgan fingerprint density at radius 1 is 1.14 bits per heavy atom. The normalized spacial score (nSPS) is 19.1. The van der Waals surface area contributed by atoms with Crippen molar-refractivity contribution < 1.29 is 8.42 Å². The second-order valence-electron chi connectivity index (χ2n) is 5.81. The third kappa shape index (κ3) is 2.59. The molecule has 0 saturated heterocycles. The van der Waals surface area contributed by atoms with Gasteiger partial charge in [-0.15, -0.1) is 0 Å². The van der Waals surface area contributed by atoms with Crippen molar-refractivity contribution in [2.75, 3.05) is 6.54 Å². The van der Waals surface area contributed by atoms with Crippen molar-refractivity contribution in [3.63, 3.8) is 0 Å². The van der Waals surface area contributed by atoms with Gasteiger partial charge in [0.25, 0.3) is 0 Å². The minimum absolute atomic E-state index is 0.135. The van der Waals surface area contributed by atoms with Crippen LogP contribution in [0.2, 0.25) is 0 Å². The minimum Gasteiger partial charge on any atom is -0.349 e. The van der Waals surface area contributed by atoms with Crippen LogP contribution >= 0.6 is 0 Å². The van der Waals surface area contributed by atoms with Crippen molar-refractivity contribution in [2.45, 2.75) is 44.2 Å². The maximum atomic E-state index is 12.9. The lowest BCUT2D eigenvalue weighted by Crippen LogP contribution is -2.40. The predicted molar refractivity (Wildman–Crippen MR) is 87.2 cm³/mol. The summed E-state index contributed by atoms with van der Waals surface area (Å²) in [6.45, 7) is 5.30. The molecule has 0 aliphatic carbocycles. The third-order valence-electron chi connectivity index (χ3n) is 4.35. The molecule has 3 rings (SSSR count). The first-order valence-corrected chi connectivity index (χ1v) is 9.24. The third-order valence-corrected chi connectivity index (χ3v) is 6.34. The van der Waals surface area contributed by atoms with Gasteiger partial charge in [-0.3, -0.25) is 0 Å². The van der Waals surface area contributed by atoms with Crippen LogP contribution in [0.3, 0.4) is 0 Å². The molecule has 0 fully saturated rings. The van der Waals surface area contributed by atoms with Gasteiger partial charge in [0.2, 0.25) is 10.0 Å². The van der Waals surface area contributed by atoms with E-state index in [1.54, 1.807) is 16.4 Å². The Hall–Kier alpha value is -1.59. The van der Waals surface area contributed by atoms with Crippen LogP contribution in [0.15, 0.2) is 47.5 Å². The van der Waals surface area contributed by atoms with E-state index in [0.29, 0.717) is 18.0 Å². The van der Waals surface area contributed by atoms with Crippen molar-refractivity contribution >= 4 is 10.0 Å².